The molecule has 0 radical (unpaired) electrons. The van der Waals surface area contributed by atoms with E-state index < -0.39 is 0 Å². The fourth-order valence-corrected chi connectivity index (χ4v) is 3.45. The third kappa shape index (κ3) is 2.51. The van der Waals surface area contributed by atoms with Gasteiger partial charge in [0.25, 0.3) is 0 Å². The molecular formula is C16H28N4. The van der Waals surface area contributed by atoms with Crippen molar-refractivity contribution in [2.45, 2.75) is 71.2 Å². The molecular weight excluding hydrogens is 248 g/mol. The second-order valence-corrected chi connectivity index (χ2v) is 7.71. The van der Waals surface area contributed by atoms with Crippen molar-refractivity contribution in [1.29, 1.82) is 0 Å². The van der Waals surface area contributed by atoms with Gasteiger partial charge in [-0.1, -0.05) is 0 Å². The monoisotopic (exact) mass is 276 g/mol. The molecule has 2 aliphatic rings. The Hall–Kier alpha value is -0.870. The summed E-state index contributed by atoms with van der Waals surface area (Å²) >= 11 is 0. The number of aromatic nitrogens is 2. The van der Waals surface area contributed by atoms with E-state index in [4.69, 9.17) is 0 Å². The molecule has 3 rings (SSSR count). The Morgan fingerprint density at radius 1 is 1.25 bits per heavy atom. The van der Waals surface area contributed by atoms with E-state index in [0.29, 0.717) is 11.6 Å². The summed E-state index contributed by atoms with van der Waals surface area (Å²) < 4.78 is 2.06. The van der Waals surface area contributed by atoms with Crippen LogP contribution >= 0.6 is 0 Å². The van der Waals surface area contributed by atoms with Crippen LogP contribution in [0, 0.1) is 0 Å². The van der Waals surface area contributed by atoms with Crippen molar-refractivity contribution < 1.29 is 0 Å². The second kappa shape index (κ2) is 4.85. The van der Waals surface area contributed by atoms with Crippen molar-refractivity contribution in [1.82, 2.24) is 19.6 Å². The summed E-state index contributed by atoms with van der Waals surface area (Å²) in [5.74, 6) is 0. The Morgan fingerprint density at radius 3 is 2.40 bits per heavy atom. The van der Waals surface area contributed by atoms with Crippen molar-refractivity contribution in [3.63, 3.8) is 0 Å². The molecule has 3 heterocycles. The molecule has 0 spiro atoms. The van der Waals surface area contributed by atoms with Crippen LogP contribution in [-0.2, 0) is 6.54 Å². The number of likely N-dealkylation sites (tertiary alicyclic amines) is 2. The van der Waals surface area contributed by atoms with Crippen LogP contribution in [0.25, 0.3) is 0 Å². The molecule has 0 amide bonds. The summed E-state index contributed by atoms with van der Waals surface area (Å²) in [5, 5.41) is 4.45. The topological polar surface area (TPSA) is 24.3 Å². The first-order valence-corrected chi connectivity index (χ1v) is 7.88. The molecule has 1 aromatic heterocycles. The van der Waals surface area contributed by atoms with E-state index in [0.717, 1.165) is 18.6 Å². The number of rotatable bonds is 3. The molecule has 20 heavy (non-hydrogen) atoms. The Morgan fingerprint density at radius 2 is 1.90 bits per heavy atom. The minimum Gasteiger partial charge on any atom is -0.295 e. The summed E-state index contributed by atoms with van der Waals surface area (Å²) in [6, 6.07) is 1.95. The van der Waals surface area contributed by atoms with E-state index in [1.54, 1.807) is 0 Å². The fraction of sp³-hybridized carbons (Fsp3) is 0.812. The standard InChI is InChI=1S/C16H28N4/c1-12(2)20-9-13(7-17-20)8-19-14-6-15(19)11-18(10-14)16(3,4)5/h7,9,12,14-15H,6,8,10-11H2,1-5H3. The van der Waals surface area contributed by atoms with E-state index in [9.17, 15) is 0 Å². The van der Waals surface area contributed by atoms with Crippen LogP contribution in [0.2, 0.25) is 0 Å². The summed E-state index contributed by atoms with van der Waals surface area (Å²) in [6.07, 6.45) is 5.63. The van der Waals surface area contributed by atoms with Gasteiger partial charge in [0.1, 0.15) is 0 Å². The normalized spacial score (nSPS) is 27.9. The van der Waals surface area contributed by atoms with Crippen LogP contribution in [0.15, 0.2) is 12.4 Å². The van der Waals surface area contributed by atoms with Crippen LogP contribution in [0.1, 0.15) is 52.6 Å². The Balaban J connectivity index is 1.61. The van der Waals surface area contributed by atoms with E-state index >= 15 is 0 Å². The molecule has 2 aliphatic heterocycles. The molecule has 2 fully saturated rings. The molecule has 0 aromatic carbocycles. The van der Waals surface area contributed by atoms with Crippen molar-refractivity contribution in [2.24, 2.45) is 0 Å². The van der Waals surface area contributed by atoms with Gasteiger partial charge in [-0.3, -0.25) is 14.5 Å². The Kier molecular flexibility index (Phi) is 3.41. The minimum absolute atomic E-state index is 0.311. The first-order valence-electron chi connectivity index (χ1n) is 7.88. The molecule has 0 N–H and O–H groups in total. The number of piperidine rings is 1. The third-order valence-corrected chi connectivity index (χ3v) is 4.84. The smallest absolute Gasteiger partial charge is 0.0534 e. The largest absolute Gasteiger partial charge is 0.295 e. The molecule has 4 heteroatoms. The zero-order chi connectivity index (χ0) is 14.5. The highest BCUT2D eigenvalue weighted by molar-refractivity contribution is 5.10. The molecule has 2 saturated heterocycles. The van der Waals surface area contributed by atoms with Gasteiger partial charge in [0.05, 0.1) is 6.20 Å². The SMILES string of the molecule is CC(C)n1cc(CN2C3CC2CN(C(C)(C)C)C3)cn1. The molecule has 2 atom stereocenters. The van der Waals surface area contributed by atoms with Crippen LogP contribution in [-0.4, -0.2) is 50.3 Å². The van der Waals surface area contributed by atoms with Crippen LogP contribution < -0.4 is 0 Å². The maximum Gasteiger partial charge on any atom is 0.0534 e. The Labute approximate surface area is 122 Å². The average molecular weight is 276 g/mol. The maximum atomic E-state index is 4.45. The fourth-order valence-electron chi connectivity index (χ4n) is 3.45. The third-order valence-electron chi connectivity index (χ3n) is 4.84. The molecule has 4 nitrogen and oxygen atoms in total. The van der Waals surface area contributed by atoms with E-state index in [-0.39, 0.29) is 0 Å². The van der Waals surface area contributed by atoms with Crippen LogP contribution in [0.3, 0.4) is 0 Å². The van der Waals surface area contributed by atoms with Crippen LogP contribution in [0.4, 0.5) is 0 Å². The number of fused-ring (bicyclic) bond motifs is 2. The first kappa shape index (κ1) is 14.1. The molecule has 0 aliphatic carbocycles. The van der Waals surface area contributed by atoms with Gasteiger partial charge in [0.15, 0.2) is 0 Å². The quantitative estimate of drug-likeness (QED) is 0.848. The number of piperazine rings is 1. The van der Waals surface area contributed by atoms with Gasteiger partial charge >= 0.3 is 0 Å². The van der Waals surface area contributed by atoms with Gasteiger partial charge in [0.2, 0.25) is 0 Å². The van der Waals surface area contributed by atoms with Crippen molar-refractivity contribution in [2.75, 3.05) is 13.1 Å². The highest BCUT2D eigenvalue weighted by atomic mass is 15.4. The minimum atomic E-state index is 0.311. The summed E-state index contributed by atoms with van der Waals surface area (Å²) in [4.78, 5) is 5.31. The van der Waals surface area contributed by atoms with Gasteiger partial charge in [-0.05, 0) is 41.0 Å². The molecule has 2 unspecified atom stereocenters. The van der Waals surface area contributed by atoms with Gasteiger partial charge in [0, 0.05) is 55.1 Å². The lowest BCUT2D eigenvalue weighted by Crippen LogP contribution is -2.70. The first-order chi connectivity index (χ1) is 9.34. The van der Waals surface area contributed by atoms with Crippen molar-refractivity contribution in [3.05, 3.63) is 18.0 Å². The van der Waals surface area contributed by atoms with Gasteiger partial charge in [-0.25, -0.2) is 0 Å². The highest BCUT2D eigenvalue weighted by Gasteiger charge is 2.46. The lowest BCUT2D eigenvalue weighted by atomic mass is 9.84. The Bertz CT molecular complexity index is 459. The van der Waals surface area contributed by atoms with Crippen molar-refractivity contribution in [3.8, 4) is 0 Å². The van der Waals surface area contributed by atoms with Gasteiger partial charge < -0.3 is 0 Å². The highest BCUT2D eigenvalue weighted by Crippen LogP contribution is 2.36. The molecule has 112 valence electrons. The predicted octanol–water partition coefficient (Wildman–Crippen LogP) is 2.52. The van der Waals surface area contributed by atoms with E-state index in [1.807, 2.05) is 6.20 Å². The lowest BCUT2D eigenvalue weighted by molar-refractivity contribution is -0.0997. The maximum absolute atomic E-state index is 4.45. The average Bonchev–Trinajstić information content (AvgIpc) is 2.84. The summed E-state index contributed by atoms with van der Waals surface area (Å²) in [6.45, 7) is 14.8. The number of hydrogen-bond acceptors (Lipinski definition) is 3. The zero-order valence-corrected chi connectivity index (χ0v) is 13.5. The van der Waals surface area contributed by atoms with Gasteiger partial charge in [-0.15, -0.1) is 0 Å². The lowest BCUT2D eigenvalue weighted by Gasteiger charge is -2.59. The van der Waals surface area contributed by atoms with E-state index in [2.05, 4.69) is 60.4 Å². The van der Waals surface area contributed by atoms with Crippen molar-refractivity contribution >= 4 is 0 Å². The van der Waals surface area contributed by atoms with Gasteiger partial charge in [-0.2, -0.15) is 5.10 Å². The summed E-state index contributed by atoms with van der Waals surface area (Å²) in [7, 11) is 0. The molecule has 0 saturated carbocycles. The number of hydrogen-bond donors (Lipinski definition) is 0. The predicted molar refractivity (Wildman–Crippen MR) is 81.7 cm³/mol. The van der Waals surface area contributed by atoms with E-state index in [1.165, 1.54) is 25.1 Å². The second-order valence-electron chi connectivity index (χ2n) is 7.71. The molecule has 2 bridgehead atoms. The molecule has 1 aromatic rings. The zero-order valence-electron chi connectivity index (χ0n) is 13.5. The summed E-state index contributed by atoms with van der Waals surface area (Å²) in [5.41, 5.74) is 1.67. The van der Waals surface area contributed by atoms with Crippen LogP contribution in [0.5, 0.6) is 0 Å². The number of nitrogens with zero attached hydrogens (tertiary/aromatic N) is 4.